The van der Waals surface area contributed by atoms with Gasteiger partial charge in [0.1, 0.15) is 5.75 Å². The van der Waals surface area contributed by atoms with Crippen molar-refractivity contribution in [3.05, 3.63) is 66.2 Å². The fourth-order valence-electron chi connectivity index (χ4n) is 2.76. The molecule has 0 aliphatic carbocycles. The SMILES string of the molecule is Cc1ccc2c(ccc(Oc3ccccc3)[n+]2CCCS(=O)(=O)O)c1. The van der Waals surface area contributed by atoms with E-state index in [0.717, 1.165) is 16.5 Å². The van der Waals surface area contributed by atoms with Crippen molar-refractivity contribution in [2.24, 2.45) is 0 Å². The molecule has 0 atom stereocenters. The number of rotatable bonds is 6. The van der Waals surface area contributed by atoms with Crippen LogP contribution in [0, 0.1) is 6.92 Å². The summed E-state index contributed by atoms with van der Waals surface area (Å²) >= 11 is 0. The van der Waals surface area contributed by atoms with Crippen LogP contribution in [0.15, 0.2) is 60.7 Å². The average molecular weight is 358 g/mol. The summed E-state index contributed by atoms with van der Waals surface area (Å²) in [5.74, 6) is 1.04. The maximum absolute atomic E-state index is 11.0. The molecule has 0 unspecified atom stereocenters. The lowest BCUT2D eigenvalue weighted by Gasteiger charge is -2.09. The van der Waals surface area contributed by atoms with Gasteiger partial charge in [-0.15, -0.1) is 0 Å². The lowest BCUT2D eigenvalue weighted by Crippen LogP contribution is -2.37. The van der Waals surface area contributed by atoms with Crippen LogP contribution in [-0.4, -0.2) is 18.7 Å². The quantitative estimate of drug-likeness (QED) is 0.541. The van der Waals surface area contributed by atoms with E-state index in [1.807, 2.05) is 66.1 Å². The number of benzene rings is 2. The zero-order chi connectivity index (χ0) is 17.9. The molecule has 1 aromatic heterocycles. The normalized spacial score (nSPS) is 11.6. The Labute approximate surface area is 147 Å². The van der Waals surface area contributed by atoms with Crippen LogP contribution in [0.5, 0.6) is 11.6 Å². The molecule has 0 saturated heterocycles. The first-order chi connectivity index (χ1) is 11.9. The van der Waals surface area contributed by atoms with E-state index in [0.29, 0.717) is 24.6 Å². The smallest absolute Gasteiger partial charge is 0.373 e. The Bertz CT molecular complexity index is 985. The second-order valence-electron chi connectivity index (χ2n) is 5.94. The first-order valence-electron chi connectivity index (χ1n) is 8.04. The fraction of sp³-hybridized carbons (Fsp3) is 0.211. The van der Waals surface area contributed by atoms with Gasteiger partial charge >= 0.3 is 5.88 Å². The molecule has 0 aliphatic rings. The fourth-order valence-corrected chi connectivity index (χ4v) is 3.25. The van der Waals surface area contributed by atoms with Gasteiger partial charge in [-0.05, 0) is 31.2 Å². The molecule has 25 heavy (non-hydrogen) atoms. The average Bonchev–Trinajstić information content (AvgIpc) is 2.56. The van der Waals surface area contributed by atoms with Gasteiger partial charge in [0.2, 0.25) is 5.52 Å². The van der Waals surface area contributed by atoms with Gasteiger partial charge in [0.05, 0.1) is 11.8 Å². The van der Waals surface area contributed by atoms with Crippen LogP contribution in [0.3, 0.4) is 0 Å². The van der Waals surface area contributed by atoms with E-state index in [9.17, 15) is 8.42 Å². The number of nitrogens with zero attached hydrogens (tertiary/aromatic N) is 1. The molecular weight excluding hydrogens is 338 g/mol. The Balaban J connectivity index is 1.99. The molecule has 0 fully saturated rings. The molecular formula is C19H20NO4S+. The second-order valence-corrected chi connectivity index (χ2v) is 7.51. The van der Waals surface area contributed by atoms with Crippen molar-refractivity contribution in [2.75, 3.05) is 5.75 Å². The van der Waals surface area contributed by atoms with Crippen LogP contribution in [0.2, 0.25) is 0 Å². The Hall–Kier alpha value is -2.44. The highest BCUT2D eigenvalue weighted by atomic mass is 32.2. The highest BCUT2D eigenvalue weighted by Gasteiger charge is 2.19. The Morgan fingerprint density at radius 1 is 1.04 bits per heavy atom. The lowest BCUT2D eigenvalue weighted by molar-refractivity contribution is -0.675. The first kappa shape index (κ1) is 17.4. The maximum atomic E-state index is 11.0. The monoisotopic (exact) mass is 358 g/mol. The summed E-state index contributed by atoms with van der Waals surface area (Å²) in [6.45, 7) is 2.44. The van der Waals surface area contributed by atoms with Crippen LogP contribution in [-0.2, 0) is 16.7 Å². The van der Waals surface area contributed by atoms with E-state index < -0.39 is 10.1 Å². The Morgan fingerprint density at radius 2 is 1.80 bits per heavy atom. The molecule has 0 amide bonds. The van der Waals surface area contributed by atoms with Gasteiger partial charge in [0, 0.05) is 17.9 Å². The summed E-state index contributed by atoms with van der Waals surface area (Å²) in [5.41, 5.74) is 2.10. The van der Waals surface area contributed by atoms with Crippen LogP contribution < -0.4 is 9.30 Å². The van der Waals surface area contributed by atoms with Crippen molar-refractivity contribution in [1.29, 1.82) is 0 Å². The number of para-hydroxylation sites is 1. The minimum absolute atomic E-state index is 0.285. The number of aromatic nitrogens is 1. The van der Waals surface area contributed by atoms with E-state index in [4.69, 9.17) is 9.29 Å². The van der Waals surface area contributed by atoms with Crippen molar-refractivity contribution < 1.29 is 22.3 Å². The molecule has 3 rings (SSSR count). The summed E-state index contributed by atoms with van der Waals surface area (Å²) in [7, 11) is -3.98. The van der Waals surface area contributed by atoms with E-state index in [1.54, 1.807) is 0 Å². The van der Waals surface area contributed by atoms with Crippen LogP contribution in [0.1, 0.15) is 12.0 Å². The van der Waals surface area contributed by atoms with Gasteiger partial charge in [0.15, 0.2) is 6.54 Å². The van der Waals surface area contributed by atoms with Crippen molar-refractivity contribution in [3.63, 3.8) is 0 Å². The van der Waals surface area contributed by atoms with Crippen molar-refractivity contribution in [1.82, 2.24) is 0 Å². The molecule has 0 saturated carbocycles. The Morgan fingerprint density at radius 3 is 2.52 bits per heavy atom. The molecule has 0 spiro atoms. The predicted octanol–water partition coefficient (Wildman–Crippen LogP) is 3.51. The third kappa shape index (κ3) is 4.55. The highest BCUT2D eigenvalue weighted by molar-refractivity contribution is 7.85. The summed E-state index contributed by atoms with van der Waals surface area (Å²) in [6.07, 6.45) is 0.293. The number of pyridine rings is 1. The molecule has 1 N–H and O–H groups in total. The van der Waals surface area contributed by atoms with Crippen molar-refractivity contribution in [2.45, 2.75) is 19.9 Å². The van der Waals surface area contributed by atoms with Gasteiger partial charge in [-0.25, -0.2) is 0 Å². The molecule has 130 valence electrons. The second kappa shape index (κ2) is 7.21. The molecule has 0 bridgehead atoms. The molecule has 5 nitrogen and oxygen atoms in total. The first-order valence-corrected chi connectivity index (χ1v) is 9.64. The minimum Gasteiger partial charge on any atom is -0.405 e. The Kier molecular flexibility index (Phi) is 5.01. The van der Waals surface area contributed by atoms with Crippen LogP contribution >= 0.6 is 0 Å². The molecule has 6 heteroatoms. The van der Waals surface area contributed by atoms with E-state index in [2.05, 4.69) is 6.07 Å². The summed E-state index contributed by atoms with van der Waals surface area (Å²) in [6, 6.07) is 19.4. The van der Waals surface area contributed by atoms with Crippen molar-refractivity contribution >= 4 is 21.0 Å². The number of ether oxygens (including phenoxy) is 1. The summed E-state index contributed by atoms with van der Waals surface area (Å²) in [4.78, 5) is 0. The maximum Gasteiger partial charge on any atom is 0.373 e. The third-order valence-corrected chi connectivity index (χ3v) is 4.70. The molecule has 0 radical (unpaired) electrons. The molecule has 3 aromatic rings. The van der Waals surface area contributed by atoms with E-state index in [-0.39, 0.29) is 5.75 Å². The zero-order valence-corrected chi connectivity index (χ0v) is 14.7. The minimum atomic E-state index is -3.98. The number of aryl methyl sites for hydroxylation is 2. The van der Waals surface area contributed by atoms with Gasteiger partial charge in [0.25, 0.3) is 10.1 Å². The lowest BCUT2D eigenvalue weighted by atomic mass is 10.1. The van der Waals surface area contributed by atoms with Crippen LogP contribution in [0.25, 0.3) is 10.9 Å². The van der Waals surface area contributed by atoms with Gasteiger partial charge < -0.3 is 4.74 Å². The largest absolute Gasteiger partial charge is 0.405 e. The standard InChI is InChI=1S/C19H19NO4S/c1-15-8-10-18-16(14-15)9-11-19(24-17-6-3-2-4-7-17)20(18)12-5-13-25(21,22)23/h2-4,6-11,14H,5,12-13H2,1H3/p+1. The van der Waals surface area contributed by atoms with Crippen molar-refractivity contribution in [3.8, 4) is 11.6 Å². The summed E-state index contributed by atoms with van der Waals surface area (Å²) < 4.78 is 38.9. The molecule has 1 heterocycles. The van der Waals surface area contributed by atoms with E-state index in [1.165, 1.54) is 0 Å². The predicted molar refractivity (Wildman–Crippen MR) is 96.4 cm³/mol. The molecule has 2 aromatic carbocycles. The zero-order valence-electron chi connectivity index (χ0n) is 13.9. The summed E-state index contributed by atoms with van der Waals surface area (Å²) in [5, 5.41) is 1.05. The molecule has 0 aliphatic heterocycles. The van der Waals surface area contributed by atoms with Gasteiger partial charge in [-0.3, -0.25) is 4.55 Å². The van der Waals surface area contributed by atoms with E-state index >= 15 is 0 Å². The van der Waals surface area contributed by atoms with Gasteiger partial charge in [-0.1, -0.05) is 29.8 Å². The third-order valence-electron chi connectivity index (χ3n) is 3.89. The number of hydrogen-bond donors (Lipinski definition) is 1. The highest BCUT2D eigenvalue weighted by Crippen LogP contribution is 2.21. The topological polar surface area (TPSA) is 67.5 Å². The number of fused-ring (bicyclic) bond motifs is 1. The van der Waals surface area contributed by atoms with Gasteiger partial charge in [-0.2, -0.15) is 13.0 Å². The van der Waals surface area contributed by atoms with Crippen LogP contribution in [0.4, 0.5) is 0 Å². The number of hydrogen-bond acceptors (Lipinski definition) is 3.